The predicted octanol–water partition coefficient (Wildman–Crippen LogP) is 6.20. The van der Waals surface area contributed by atoms with Crippen molar-refractivity contribution in [1.82, 2.24) is 10.5 Å². The van der Waals surface area contributed by atoms with E-state index in [1.807, 2.05) is 63.2 Å². The number of benzene rings is 2. The molecule has 1 saturated carbocycles. The normalized spacial score (nSPS) is 17.8. The van der Waals surface area contributed by atoms with Crippen LogP contribution < -0.4 is 16.0 Å². The van der Waals surface area contributed by atoms with Crippen LogP contribution in [0.15, 0.2) is 59.1 Å². The summed E-state index contributed by atoms with van der Waals surface area (Å²) in [6.07, 6.45) is 3.52. The lowest BCUT2D eigenvalue weighted by atomic mass is 9.90. The summed E-state index contributed by atoms with van der Waals surface area (Å²) >= 11 is 0. The number of nitrogens with zero attached hydrogens (tertiary/aromatic N) is 2. The van der Waals surface area contributed by atoms with E-state index in [1.165, 1.54) is 0 Å². The molecule has 3 aromatic rings. The second-order valence-electron chi connectivity index (χ2n) is 9.73. The zero-order valence-corrected chi connectivity index (χ0v) is 20.3. The Labute approximate surface area is 205 Å². The fraction of sp³-hybridized carbons (Fsp3) is 0.370. The van der Waals surface area contributed by atoms with E-state index in [2.05, 4.69) is 27.2 Å². The quantitative estimate of drug-likeness (QED) is 0.390. The molecule has 0 spiro atoms. The molecule has 0 bridgehead atoms. The Balaban J connectivity index is 1.47. The largest absolute Gasteiger partial charge is 0.444 e. The molecule has 2 aromatic carbocycles. The van der Waals surface area contributed by atoms with Crippen molar-refractivity contribution >= 4 is 23.4 Å². The zero-order valence-electron chi connectivity index (χ0n) is 20.3. The summed E-state index contributed by atoms with van der Waals surface area (Å²) in [4.78, 5) is 12.3. The first-order valence-electron chi connectivity index (χ1n) is 11.9. The van der Waals surface area contributed by atoms with Crippen molar-refractivity contribution in [3.05, 3.63) is 60.2 Å². The molecule has 0 unspecified atom stereocenters. The third-order valence-corrected chi connectivity index (χ3v) is 5.80. The van der Waals surface area contributed by atoms with E-state index in [9.17, 15) is 10.1 Å². The molecule has 2 atom stereocenters. The number of aromatic nitrogens is 1. The van der Waals surface area contributed by atoms with Crippen molar-refractivity contribution in [3.8, 4) is 17.3 Å². The average Bonchev–Trinajstić information content (AvgIpc) is 3.28. The van der Waals surface area contributed by atoms with Crippen LogP contribution in [-0.2, 0) is 4.74 Å². The van der Waals surface area contributed by atoms with Gasteiger partial charge in [-0.15, -0.1) is 0 Å². The van der Waals surface area contributed by atoms with Crippen LogP contribution in [0.25, 0.3) is 11.3 Å². The summed E-state index contributed by atoms with van der Waals surface area (Å²) in [6.45, 7) is 5.56. The molecule has 1 heterocycles. The number of nitrogens with one attached hydrogen (secondary N) is 3. The molecule has 3 N–H and O–H groups in total. The maximum atomic E-state index is 12.3. The first-order valence-corrected chi connectivity index (χ1v) is 11.9. The Morgan fingerprint density at radius 3 is 2.54 bits per heavy atom. The molecule has 182 valence electrons. The first-order chi connectivity index (χ1) is 16.8. The minimum absolute atomic E-state index is 0.0478. The fourth-order valence-corrected chi connectivity index (χ4v) is 4.20. The van der Waals surface area contributed by atoms with Crippen molar-refractivity contribution in [3.63, 3.8) is 0 Å². The Morgan fingerprint density at radius 2 is 1.83 bits per heavy atom. The van der Waals surface area contributed by atoms with Gasteiger partial charge < -0.3 is 25.2 Å². The van der Waals surface area contributed by atoms with Gasteiger partial charge in [-0.3, -0.25) is 0 Å². The van der Waals surface area contributed by atoms with Gasteiger partial charge in [0.2, 0.25) is 5.88 Å². The Kier molecular flexibility index (Phi) is 7.25. The third kappa shape index (κ3) is 6.54. The minimum atomic E-state index is -0.545. The second-order valence-corrected chi connectivity index (χ2v) is 9.73. The number of rotatable bonds is 6. The summed E-state index contributed by atoms with van der Waals surface area (Å²) in [5.74, 6) is 0.444. The van der Waals surface area contributed by atoms with E-state index < -0.39 is 11.7 Å². The number of amides is 1. The Morgan fingerprint density at radius 1 is 1.09 bits per heavy atom. The van der Waals surface area contributed by atoms with Gasteiger partial charge in [0.15, 0.2) is 0 Å². The van der Waals surface area contributed by atoms with Crippen molar-refractivity contribution in [2.45, 2.75) is 64.1 Å². The molecule has 1 aromatic heterocycles. The van der Waals surface area contributed by atoms with Crippen molar-refractivity contribution < 1.29 is 14.1 Å². The van der Waals surface area contributed by atoms with E-state index in [0.29, 0.717) is 22.8 Å². The molecule has 0 radical (unpaired) electrons. The molecule has 4 rings (SSSR count). The smallest absolute Gasteiger partial charge is 0.407 e. The van der Waals surface area contributed by atoms with Gasteiger partial charge in [0.05, 0.1) is 17.3 Å². The van der Waals surface area contributed by atoms with Crippen molar-refractivity contribution in [1.29, 1.82) is 5.26 Å². The Bertz CT molecular complexity index is 1190. The van der Waals surface area contributed by atoms with Gasteiger partial charge >= 0.3 is 6.09 Å². The molecule has 1 fully saturated rings. The maximum Gasteiger partial charge on any atom is 0.407 e. The van der Waals surface area contributed by atoms with E-state index in [4.69, 9.17) is 9.26 Å². The standard InChI is InChI=1S/C27H31N5O3/c1-27(2,3)34-26(33)31-22-12-8-7-11-21(22)29-20-14-13-19(17-28)23(15-20)30-25-16-24(32-35-25)18-9-5-4-6-10-18/h4-6,9-10,13-16,21-22,29-30H,7-8,11-12H2,1-3H3,(H,31,33)/t21-,22+/m1/s1. The molecule has 0 saturated heterocycles. The SMILES string of the molecule is CC(C)(C)OC(=O)N[C@H]1CCCC[C@H]1Nc1ccc(C#N)c(Nc2cc(-c3ccccc3)no2)c1. The number of hydrogen-bond donors (Lipinski definition) is 3. The molecule has 1 aliphatic carbocycles. The topological polar surface area (TPSA) is 112 Å². The number of carbonyl (C=O) groups is 1. The van der Waals surface area contributed by atoms with Gasteiger partial charge in [-0.25, -0.2) is 4.79 Å². The molecule has 8 nitrogen and oxygen atoms in total. The number of ether oxygens (including phenoxy) is 1. The van der Waals surface area contributed by atoms with Crippen LogP contribution in [-0.4, -0.2) is 28.9 Å². The van der Waals surface area contributed by atoms with Gasteiger partial charge in [0, 0.05) is 23.4 Å². The van der Waals surface area contributed by atoms with Crippen LogP contribution in [0.2, 0.25) is 0 Å². The highest BCUT2D eigenvalue weighted by molar-refractivity contribution is 5.72. The number of carbonyl (C=O) groups excluding carboxylic acids is 1. The summed E-state index contributed by atoms with van der Waals surface area (Å²) in [6, 6.07) is 19.3. The second kappa shape index (κ2) is 10.5. The number of nitriles is 1. The van der Waals surface area contributed by atoms with Crippen LogP contribution >= 0.6 is 0 Å². The highest BCUT2D eigenvalue weighted by atomic mass is 16.6. The van der Waals surface area contributed by atoms with Gasteiger partial charge in [-0.05, 0) is 51.8 Å². The summed E-state index contributed by atoms with van der Waals surface area (Å²) in [5.41, 5.74) is 3.05. The molecular weight excluding hydrogens is 442 g/mol. The Hall–Kier alpha value is -3.99. The summed E-state index contributed by atoms with van der Waals surface area (Å²) in [5, 5.41) is 23.5. The van der Waals surface area contributed by atoms with E-state index in [-0.39, 0.29) is 12.1 Å². The van der Waals surface area contributed by atoms with Gasteiger partial charge in [-0.1, -0.05) is 48.3 Å². The maximum absolute atomic E-state index is 12.3. The molecular formula is C27H31N5O3. The molecule has 0 aliphatic heterocycles. The van der Waals surface area contributed by atoms with E-state index >= 15 is 0 Å². The van der Waals surface area contributed by atoms with Crippen LogP contribution in [0.3, 0.4) is 0 Å². The lowest BCUT2D eigenvalue weighted by Gasteiger charge is -2.34. The first kappa shape index (κ1) is 24.1. The van der Waals surface area contributed by atoms with Crippen molar-refractivity contribution in [2.75, 3.05) is 10.6 Å². The summed E-state index contributed by atoms with van der Waals surface area (Å²) in [7, 11) is 0. The third-order valence-electron chi connectivity index (χ3n) is 5.80. The van der Waals surface area contributed by atoms with Gasteiger partial charge in [-0.2, -0.15) is 5.26 Å². The average molecular weight is 474 g/mol. The minimum Gasteiger partial charge on any atom is -0.444 e. The van der Waals surface area contributed by atoms with Gasteiger partial charge in [0.1, 0.15) is 17.4 Å². The highest BCUT2D eigenvalue weighted by Gasteiger charge is 2.28. The van der Waals surface area contributed by atoms with E-state index in [1.54, 1.807) is 12.1 Å². The fourth-order valence-electron chi connectivity index (χ4n) is 4.20. The van der Waals surface area contributed by atoms with Crippen LogP contribution in [0.1, 0.15) is 52.0 Å². The highest BCUT2D eigenvalue weighted by Crippen LogP contribution is 2.29. The molecule has 1 amide bonds. The van der Waals surface area contributed by atoms with Crippen LogP contribution in [0.5, 0.6) is 0 Å². The number of anilines is 3. The van der Waals surface area contributed by atoms with Gasteiger partial charge in [0.25, 0.3) is 0 Å². The lowest BCUT2D eigenvalue weighted by molar-refractivity contribution is 0.0488. The summed E-state index contributed by atoms with van der Waals surface area (Å²) < 4.78 is 10.9. The van der Waals surface area contributed by atoms with Crippen LogP contribution in [0.4, 0.5) is 22.1 Å². The molecule has 8 heteroatoms. The zero-order chi connectivity index (χ0) is 24.8. The van der Waals surface area contributed by atoms with Crippen LogP contribution in [0, 0.1) is 11.3 Å². The van der Waals surface area contributed by atoms with E-state index in [0.717, 1.165) is 36.9 Å². The number of alkyl carbamates (subject to hydrolysis) is 1. The monoisotopic (exact) mass is 473 g/mol. The molecule has 35 heavy (non-hydrogen) atoms. The predicted molar refractivity (Wildman–Crippen MR) is 135 cm³/mol. The lowest BCUT2D eigenvalue weighted by Crippen LogP contribution is -2.49. The number of hydrogen-bond acceptors (Lipinski definition) is 7. The molecule has 1 aliphatic rings. The van der Waals surface area contributed by atoms with Crippen molar-refractivity contribution in [2.24, 2.45) is 0 Å².